The molecule has 1 aliphatic heterocycles. The van der Waals surface area contributed by atoms with E-state index in [0.717, 1.165) is 0 Å². The summed E-state index contributed by atoms with van der Waals surface area (Å²) in [5.41, 5.74) is 2.91. The van der Waals surface area contributed by atoms with Gasteiger partial charge in [0.2, 0.25) is 0 Å². The first-order valence-corrected chi connectivity index (χ1v) is 3.84. The number of nitrogens with one attached hydrogen (secondary N) is 1. The van der Waals surface area contributed by atoms with E-state index in [-0.39, 0.29) is 18.1 Å². The lowest BCUT2D eigenvalue weighted by molar-refractivity contribution is -0.143. The van der Waals surface area contributed by atoms with Crippen LogP contribution in [0.5, 0.6) is 0 Å². The van der Waals surface area contributed by atoms with Gasteiger partial charge in [0.05, 0.1) is 12.6 Å². The summed E-state index contributed by atoms with van der Waals surface area (Å²) in [5.74, 6) is -0.130. The molecule has 0 aromatic carbocycles. The number of hydrogen-bond donors (Lipinski definition) is 1. The molecule has 0 bridgehead atoms. The summed E-state index contributed by atoms with van der Waals surface area (Å²) in [4.78, 5) is 11.1. The molecule has 0 aliphatic carbocycles. The van der Waals surface area contributed by atoms with Crippen molar-refractivity contribution in [1.29, 1.82) is 0 Å². The Morgan fingerprint density at radius 1 is 1.73 bits per heavy atom. The van der Waals surface area contributed by atoms with E-state index in [0.29, 0.717) is 6.61 Å². The normalized spacial score (nSPS) is 35.0. The van der Waals surface area contributed by atoms with Crippen molar-refractivity contribution in [3.05, 3.63) is 0 Å². The Hall–Kier alpha value is -0.610. The molecule has 1 heterocycles. The Kier molecular flexibility index (Phi) is 2.46. The number of rotatable bonds is 3. The standard InChI is InChI=1S/C7H14N2O2/c1-4-11-7(10)6-5(2)9(6)8-3/h5-6,8H,4H2,1-3H3. The van der Waals surface area contributed by atoms with Gasteiger partial charge in [0.25, 0.3) is 0 Å². The predicted octanol–water partition coefficient (Wildman–Crippen LogP) is -0.243. The van der Waals surface area contributed by atoms with Gasteiger partial charge in [-0.15, -0.1) is 0 Å². The Balaban J connectivity index is 2.34. The zero-order valence-corrected chi connectivity index (χ0v) is 7.13. The van der Waals surface area contributed by atoms with Gasteiger partial charge in [0.1, 0.15) is 6.04 Å². The molecular weight excluding hydrogens is 144 g/mol. The molecule has 0 amide bonds. The molecule has 1 N–H and O–H groups in total. The highest BCUT2D eigenvalue weighted by atomic mass is 16.5. The van der Waals surface area contributed by atoms with Crippen LogP contribution in [0, 0.1) is 0 Å². The van der Waals surface area contributed by atoms with Crippen molar-refractivity contribution in [2.75, 3.05) is 13.7 Å². The Bertz CT molecular complexity index is 161. The minimum Gasteiger partial charge on any atom is -0.465 e. The van der Waals surface area contributed by atoms with Gasteiger partial charge in [0, 0.05) is 0 Å². The molecule has 1 saturated heterocycles. The van der Waals surface area contributed by atoms with Crippen LogP contribution < -0.4 is 5.43 Å². The number of esters is 1. The maximum Gasteiger partial charge on any atom is 0.326 e. The Labute approximate surface area is 66.5 Å². The predicted molar refractivity (Wildman–Crippen MR) is 40.8 cm³/mol. The van der Waals surface area contributed by atoms with Gasteiger partial charge >= 0.3 is 5.97 Å². The highest BCUT2D eigenvalue weighted by Crippen LogP contribution is 2.25. The van der Waals surface area contributed by atoms with Crippen molar-refractivity contribution in [3.8, 4) is 0 Å². The molecule has 3 atom stereocenters. The first-order valence-electron chi connectivity index (χ1n) is 3.84. The van der Waals surface area contributed by atoms with Gasteiger partial charge in [-0.25, -0.2) is 5.01 Å². The van der Waals surface area contributed by atoms with Crippen LogP contribution >= 0.6 is 0 Å². The highest BCUT2D eigenvalue weighted by molar-refractivity contribution is 5.79. The largest absolute Gasteiger partial charge is 0.465 e. The summed E-state index contributed by atoms with van der Waals surface area (Å²) in [5, 5.41) is 1.86. The molecule has 0 aromatic rings. The minimum absolute atomic E-state index is 0.0695. The molecule has 4 heteroatoms. The topological polar surface area (TPSA) is 41.3 Å². The fraction of sp³-hybridized carbons (Fsp3) is 0.857. The van der Waals surface area contributed by atoms with Crippen molar-refractivity contribution in [1.82, 2.24) is 10.4 Å². The number of carbonyl (C=O) groups excluding carboxylic acids is 1. The highest BCUT2D eigenvalue weighted by Gasteiger charge is 2.50. The van der Waals surface area contributed by atoms with Crippen LogP contribution in [0.1, 0.15) is 13.8 Å². The minimum atomic E-state index is -0.130. The molecule has 0 radical (unpaired) electrons. The number of hydrazine groups is 1. The second kappa shape index (κ2) is 3.19. The smallest absolute Gasteiger partial charge is 0.326 e. The van der Waals surface area contributed by atoms with E-state index in [4.69, 9.17) is 4.74 Å². The lowest BCUT2D eigenvalue weighted by atomic mass is 10.3. The van der Waals surface area contributed by atoms with E-state index in [1.54, 1.807) is 7.05 Å². The number of ether oxygens (including phenoxy) is 1. The summed E-state index contributed by atoms with van der Waals surface area (Å²) < 4.78 is 4.85. The summed E-state index contributed by atoms with van der Waals surface area (Å²) in [6.45, 7) is 4.26. The number of nitrogens with zero attached hydrogens (tertiary/aromatic N) is 1. The summed E-state index contributed by atoms with van der Waals surface area (Å²) in [7, 11) is 1.80. The van der Waals surface area contributed by atoms with Crippen molar-refractivity contribution < 1.29 is 9.53 Å². The molecule has 4 nitrogen and oxygen atoms in total. The molecule has 64 valence electrons. The van der Waals surface area contributed by atoms with Gasteiger partial charge in [-0.05, 0) is 20.9 Å². The average Bonchev–Trinajstić information content (AvgIpc) is 2.61. The monoisotopic (exact) mass is 158 g/mol. The third-order valence-corrected chi connectivity index (χ3v) is 1.89. The Morgan fingerprint density at radius 3 is 2.73 bits per heavy atom. The molecule has 0 aromatic heterocycles. The van der Waals surface area contributed by atoms with E-state index in [9.17, 15) is 4.79 Å². The molecule has 11 heavy (non-hydrogen) atoms. The van der Waals surface area contributed by atoms with Crippen LogP contribution in [0.15, 0.2) is 0 Å². The second-order valence-electron chi connectivity index (χ2n) is 2.57. The zero-order chi connectivity index (χ0) is 8.43. The maximum absolute atomic E-state index is 11.1. The first-order chi connectivity index (χ1) is 5.22. The summed E-state index contributed by atoms with van der Waals surface area (Å²) >= 11 is 0. The van der Waals surface area contributed by atoms with E-state index in [1.807, 2.05) is 18.9 Å². The van der Waals surface area contributed by atoms with Crippen molar-refractivity contribution in [2.45, 2.75) is 25.9 Å². The van der Waals surface area contributed by atoms with Gasteiger partial charge in [-0.3, -0.25) is 10.2 Å². The average molecular weight is 158 g/mol. The molecule has 1 aliphatic rings. The van der Waals surface area contributed by atoms with Crippen LogP contribution in [-0.4, -0.2) is 36.7 Å². The molecule has 3 unspecified atom stereocenters. The van der Waals surface area contributed by atoms with E-state index in [1.165, 1.54) is 0 Å². The summed E-state index contributed by atoms with van der Waals surface area (Å²) in [6, 6.07) is 0.207. The summed E-state index contributed by atoms with van der Waals surface area (Å²) in [6.07, 6.45) is 0. The quantitative estimate of drug-likeness (QED) is 0.454. The van der Waals surface area contributed by atoms with Gasteiger partial charge < -0.3 is 4.74 Å². The number of hydrogen-bond acceptors (Lipinski definition) is 4. The lowest BCUT2D eigenvalue weighted by Crippen LogP contribution is -2.23. The third kappa shape index (κ3) is 1.52. The van der Waals surface area contributed by atoms with Crippen molar-refractivity contribution in [2.24, 2.45) is 0 Å². The van der Waals surface area contributed by atoms with Crippen LogP contribution in [0.2, 0.25) is 0 Å². The fourth-order valence-corrected chi connectivity index (χ4v) is 1.23. The lowest BCUT2D eigenvalue weighted by Gasteiger charge is -1.99. The Morgan fingerprint density at radius 2 is 2.36 bits per heavy atom. The number of carbonyl (C=O) groups is 1. The third-order valence-electron chi connectivity index (χ3n) is 1.89. The maximum atomic E-state index is 11.1. The van der Waals surface area contributed by atoms with Gasteiger partial charge in [-0.2, -0.15) is 0 Å². The molecule has 0 saturated carbocycles. The first kappa shape index (κ1) is 8.49. The SMILES string of the molecule is CCOC(=O)C1C(C)N1NC. The van der Waals surface area contributed by atoms with Crippen LogP contribution in [0.4, 0.5) is 0 Å². The van der Waals surface area contributed by atoms with Crippen molar-refractivity contribution >= 4 is 5.97 Å². The van der Waals surface area contributed by atoms with Gasteiger partial charge in [0.15, 0.2) is 0 Å². The van der Waals surface area contributed by atoms with Crippen LogP contribution in [0.3, 0.4) is 0 Å². The molecule has 0 spiro atoms. The second-order valence-corrected chi connectivity index (χ2v) is 2.57. The molecular formula is C7H14N2O2. The fourth-order valence-electron chi connectivity index (χ4n) is 1.23. The zero-order valence-electron chi connectivity index (χ0n) is 7.13. The van der Waals surface area contributed by atoms with E-state index >= 15 is 0 Å². The van der Waals surface area contributed by atoms with Crippen LogP contribution in [0.25, 0.3) is 0 Å². The molecule has 1 fully saturated rings. The molecule has 1 rings (SSSR count). The van der Waals surface area contributed by atoms with Gasteiger partial charge in [-0.1, -0.05) is 0 Å². The van der Waals surface area contributed by atoms with E-state index in [2.05, 4.69) is 5.43 Å². The van der Waals surface area contributed by atoms with Crippen molar-refractivity contribution in [3.63, 3.8) is 0 Å². The van der Waals surface area contributed by atoms with E-state index < -0.39 is 0 Å². The van der Waals surface area contributed by atoms with Crippen LogP contribution in [-0.2, 0) is 9.53 Å².